The minimum absolute atomic E-state index is 0.00214. The molecule has 41 heavy (non-hydrogen) atoms. The number of thiazole rings is 1. The molecule has 2 aliphatic heterocycles. The molecular formula is C31H27FN2O6S. The Morgan fingerprint density at radius 2 is 1.85 bits per heavy atom. The zero-order valence-electron chi connectivity index (χ0n) is 22.6. The van der Waals surface area contributed by atoms with Gasteiger partial charge in [0.1, 0.15) is 23.4 Å². The predicted molar refractivity (Wildman–Crippen MR) is 153 cm³/mol. The van der Waals surface area contributed by atoms with Crippen LogP contribution in [0.5, 0.6) is 17.2 Å². The third-order valence-corrected chi connectivity index (χ3v) is 8.06. The fourth-order valence-electron chi connectivity index (χ4n) is 5.30. The van der Waals surface area contributed by atoms with Crippen molar-refractivity contribution in [3.8, 4) is 17.2 Å². The lowest BCUT2D eigenvalue weighted by Crippen LogP contribution is -2.29. The fraction of sp³-hybridized carbons (Fsp3) is 0.258. The fourth-order valence-corrected chi connectivity index (χ4v) is 6.31. The molecule has 1 fully saturated rings. The van der Waals surface area contributed by atoms with Crippen molar-refractivity contribution in [2.75, 3.05) is 18.1 Å². The van der Waals surface area contributed by atoms with Gasteiger partial charge in [0.15, 0.2) is 16.6 Å². The molecule has 0 radical (unpaired) electrons. The minimum Gasteiger partial charge on any atom is -0.507 e. The molecule has 1 aromatic heterocycles. The second-order valence-electron chi connectivity index (χ2n) is 9.80. The third-order valence-electron chi connectivity index (χ3n) is 7.04. The molecule has 0 saturated carbocycles. The Kier molecular flexibility index (Phi) is 6.86. The number of hydrogen-bond donors (Lipinski definition) is 1. The third kappa shape index (κ3) is 4.67. The van der Waals surface area contributed by atoms with Gasteiger partial charge in [-0.2, -0.15) is 0 Å². The molecule has 2 aliphatic rings. The number of nitrogens with zero attached hydrogens (tertiary/aromatic N) is 2. The number of aromatic nitrogens is 1. The molecule has 6 rings (SSSR count). The number of aliphatic hydroxyl groups excluding tert-OH is 1. The largest absolute Gasteiger partial charge is 0.507 e. The van der Waals surface area contributed by atoms with Gasteiger partial charge in [-0.1, -0.05) is 17.4 Å². The molecule has 0 unspecified atom stereocenters. The van der Waals surface area contributed by atoms with Crippen LogP contribution in [0.25, 0.3) is 16.0 Å². The molecular weight excluding hydrogens is 547 g/mol. The number of ketones is 1. The topological polar surface area (TPSA) is 98.2 Å². The van der Waals surface area contributed by atoms with E-state index >= 15 is 0 Å². The molecule has 2 atom stereocenters. The van der Waals surface area contributed by atoms with E-state index in [0.717, 1.165) is 22.6 Å². The van der Waals surface area contributed by atoms with Crippen molar-refractivity contribution in [1.29, 1.82) is 0 Å². The zero-order valence-corrected chi connectivity index (χ0v) is 23.5. The average molecular weight is 575 g/mol. The van der Waals surface area contributed by atoms with Crippen LogP contribution in [0, 0.1) is 5.82 Å². The molecule has 1 N–H and O–H groups in total. The highest BCUT2D eigenvalue weighted by Crippen LogP contribution is 2.46. The van der Waals surface area contributed by atoms with Crippen LogP contribution in [-0.4, -0.2) is 41.1 Å². The summed E-state index contributed by atoms with van der Waals surface area (Å²) < 4.78 is 31.8. The van der Waals surface area contributed by atoms with Gasteiger partial charge in [0.25, 0.3) is 5.78 Å². The number of aliphatic hydroxyl groups is 1. The van der Waals surface area contributed by atoms with Gasteiger partial charge in [0.05, 0.1) is 35.0 Å². The number of carbonyl (C=O) groups excluding carboxylic acids is 2. The zero-order chi connectivity index (χ0) is 28.8. The van der Waals surface area contributed by atoms with Gasteiger partial charge in [0, 0.05) is 12.0 Å². The highest BCUT2D eigenvalue weighted by atomic mass is 32.1. The van der Waals surface area contributed by atoms with Crippen molar-refractivity contribution in [3.63, 3.8) is 0 Å². The molecule has 3 aromatic carbocycles. The van der Waals surface area contributed by atoms with Crippen molar-refractivity contribution in [2.45, 2.75) is 39.3 Å². The summed E-state index contributed by atoms with van der Waals surface area (Å²) in [6.45, 7) is 6.43. The molecule has 0 bridgehead atoms. The average Bonchev–Trinajstić information content (AvgIpc) is 3.61. The molecule has 1 saturated heterocycles. The number of amides is 1. The van der Waals surface area contributed by atoms with Crippen LogP contribution in [-0.2, 0) is 16.0 Å². The number of fused-ring (bicyclic) bond motifs is 2. The van der Waals surface area contributed by atoms with E-state index in [1.54, 1.807) is 36.4 Å². The molecule has 0 spiro atoms. The van der Waals surface area contributed by atoms with Gasteiger partial charge < -0.3 is 19.3 Å². The second-order valence-corrected chi connectivity index (χ2v) is 10.8. The normalized spacial score (nSPS) is 19.5. The van der Waals surface area contributed by atoms with Crippen molar-refractivity contribution in [3.05, 3.63) is 82.7 Å². The molecule has 10 heteroatoms. The Morgan fingerprint density at radius 1 is 1.07 bits per heavy atom. The van der Waals surface area contributed by atoms with Crippen LogP contribution >= 0.6 is 11.3 Å². The first kappa shape index (κ1) is 26.8. The first-order valence-electron chi connectivity index (χ1n) is 13.4. The first-order chi connectivity index (χ1) is 19.8. The maximum absolute atomic E-state index is 14.0. The van der Waals surface area contributed by atoms with Crippen LogP contribution in [0.3, 0.4) is 0 Å². The standard InChI is InChI=1S/C31H27FN2O6S/c1-4-38-23-11-6-17(14-24(23)39-5-2)27-26(28(35)18-7-10-22-19(13-18)12-16(3)40-22)29(36)30(37)34(27)31-33-21-9-8-20(32)15-25(21)41-31/h6-11,13-16,27,35H,4-5,12H2,1-3H3/t16-,27+/m0/s1. The van der Waals surface area contributed by atoms with E-state index in [2.05, 4.69) is 4.98 Å². The highest BCUT2D eigenvalue weighted by Gasteiger charge is 2.48. The summed E-state index contributed by atoms with van der Waals surface area (Å²) in [6, 6.07) is 13.5. The van der Waals surface area contributed by atoms with Crippen molar-refractivity contribution < 1.29 is 33.3 Å². The van der Waals surface area contributed by atoms with E-state index in [9.17, 15) is 19.1 Å². The summed E-state index contributed by atoms with van der Waals surface area (Å²) in [5.74, 6) is -0.770. The Morgan fingerprint density at radius 3 is 2.63 bits per heavy atom. The number of anilines is 1. The Labute approximate surface area is 239 Å². The number of benzene rings is 3. The number of Topliss-reactive ketones (excluding diaryl/α,β-unsaturated/α-hetero) is 1. The van der Waals surface area contributed by atoms with E-state index in [4.69, 9.17) is 14.2 Å². The van der Waals surface area contributed by atoms with Crippen LogP contribution < -0.4 is 19.1 Å². The van der Waals surface area contributed by atoms with Gasteiger partial charge in [-0.05, 0) is 80.4 Å². The van der Waals surface area contributed by atoms with Crippen LogP contribution in [0.1, 0.15) is 43.5 Å². The SMILES string of the molecule is CCOc1ccc([C@@H]2C(=C(O)c3ccc4c(c3)C[C@H](C)O4)C(=O)C(=O)N2c2nc3ccc(F)cc3s2)cc1OCC. The summed E-state index contributed by atoms with van der Waals surface area (Å²) in [4.78, 5) is 33.1. The molecule has 8 nitrogen and oxygen atoms in total. The Bertz CT molecular complexity index is 1730. The van der Waals surface area contributed by atoms with Gasteiger partial charge in [-0.15, -0.1) is 0 Å². The van der Waals surface area contributed by atoms with E-state index < -0.39 is 23.5 Å². The van der Waals surface area contributed by atoms with Gasteiger partial charge >= 0.3 is 5.91 Å². The summed E-state index contributed by atoms with van der Waals surface area (Å²) in [5, 5.41) is 11.8. The maximum Gasteiger partial charge on any atom is 0.301 e. The molecule has 210 valence electrons. The lowest BCUT2D eigenvalue weighted by molar-refractivity contribution is -0.132. The van der Waals surface area contributed by atoms with E-state index in [1.165, 1.54) is 23.1 Å². The molecule has 1 amide bonds. The van der Waals surface area contributed by atoms with Crippen LogP contribution in [0.4, 0.5) is 9.52 Å². The lowest BCUT2D eigenvalue weighted by Gasteiger charge is -2.24. The predicted octanol–water partition coefficient (Wildman–Crippen LogP) is 6.18. The van der Waals surface area contributed by atoms with Crippen molar-refractivity contribution in [1.82, 2.24) is 4.98 Å². The number of hydrogen-bond acceptors (Lipinski definition) is 8. The number of rotatable bonds is 7. The number of carbonyl (C=O) groups is 2. The monoisotopic (exact) mass is 574 g/mol. The van der Waals surface area contributed by atoms with Crippen LogP contribution in [0.15, 0.2) is 60.2 Å². The number of ether oxygens (including phenoxy) is 3. The molecule has 3 heterocycles. The summed E-state index contributed by atoms with van der Waals surface area (Å²) in [6.07, 6.45) is 0.658. The van der Waals surface area contributed by atoms with Gasteiger partial charge in [0.2, 0.25) is 0 Å². The van der Waals surface area contributed by atoms with E-state index in [-0.39, 0.29) is 22.6 Å². The Hall–Kier alpha value is -4.44. The first-order valence-corrected chi connectivity index (χ1v) is 14.2. The van der Waals surface area contributed by atoms with Gasteiger partial charge in [-0.25, -0.2) is 9.37 Å². The second kappa shape index (κ2) is 10.5. The number of halogens is 1. The summed E-state index contributed by atoms with van der Waals surface area (Å²) in [7, 11) is 0. The highest BCUT2D eigenvalue weighted by molar-refractivity contribution is 7.22. The Balaban J connectivity index is 1.55. The van der Waals surface area contributed by atoms with Crippen LogP contribution in [0.2, 0.25) is 0 Å². The van der Waals surface area contributed by atoms with E-state index in [1.807, 2.05) is 20.8 Å². The summed E-state index contributed by atoms with van der Waals surface area (Å²) in [5.41, 5.74) is 2.22. The smallest absolute Gasteiger partial charge is 0.301 e. The molecule has 4 aromatic rings. The quantitative estimate of drug-likeness (QED) is 0.160. The lowest BCUT2D eigenvalue weighted by atomic mass is 9.94. The van der Waals surface area contributed by atoms with Gasteiger partial charge in [-0.3, -0.25) is 14.5 Å². The maximum atomic E-state index is 14.0. The minimum atomic E-state index is -1.03. The molecule has 0 aliphatic carbocycles. The van der Waals surface area contributed by atoms with Crippen molar-refractivity contribution in [2.24, 2.45) is 0 Å². The van der Waals surface area contributed by atoms with E-state index in [0.29, 0.717) is 52.5 Å². The summed E-state index contributed by atoms with van der Waals surface area (Å²) >= 11 is 1.09. The van der Waals surface area contributed by atoms with Crippen molar-refractivity contribution >= 4 is 44.1 Å².